The molecule has 136 valence electrons. The lowest BCUT2D eigenvalue weighted by Crippen LogP contribution is -2.50. The van der Waals surface area contributed by atoms with Gasteiger partial charge in [0.15, 0.2) is 6.61 Å². The van der Waals surface area contributed by atoms with Crippen LogP contribution in [-0.2, 0) is 20.7 Å². The van der Waals surface area contributed by atoms with Gasteiger partial charge in [0.2, 0.25) is 5.95 Å². The number of anilines is 1. The molecule has 1 aromatic carbocycles. The number of aromatic nitrogens is 2. The van der Waals surface area contributed by atoms with E-state index in [1.54, 1.807) is 23.4 Å². The third kappa shape index (κ3) is 4.75. The van der Waals surface area contributed by atoms with Crippen molar-refractivity contribution in [3.63, 3.8) is 0 Å². The van der Waals surface area contributed by atoms with Crippen LogP contribution in [0.5, 0.6) is 0 Å². The van der Waals surface area contributed by atoms with Gasteiger partial charge in [0.25, 0.3) is 5.91 Å². The Morgan fingerprint density at radius 3 is 2.35 bits per heavy atom. The molecule has 1 aromatic heterocycles. The zero-order valence-electron chi connectivity index (χ0n) is 14.2. The maximum absolute atomic E-state index is 12.8. The second-order valence-electron chi connectivity index (χ2n) is 5.88. The van der Waals surface area contributed by atoms with Crippen LogP contribution in [0.3, 0.4) is 0 Å². The topological polar surface area (TPSA) is 75.6 Å². The fraction of sp³-hybridized carbons (Fsp3) is 0.333. The molecule has 3 rings (SSSR count). The molecule has 0 bridgehead atoms. The molecule has 2 heterocycles. The molecule has 8 heteroatoms. The molecule has 2 aromatic rings. The van der Waals surface area contributed by atoms with E-state index in [0.717, 1.165) is 0 Å². The Labute approximate surface area is 150 Å². The minimum absolute atomic E-state index is 0.00663. The van der Waals surface area contributed by atoms with Crippen LogP contribution in [0, 0.1) is 5.82 Å². The number of carbonyl (C=O) groups is 2. The van der Waals surface area contributed by atoms with Gasteiger partial charge in [-0.25, -0.2) is 14.4 Å². The van der Waals surface area contributed by atoms with E-state index in [0.29, 0.717) is 37.7 Å². The molecule has 7 nitrogen and oxygen atoms in total. The van der Waals surface area contributed by atoms with Crippen LogP contribution >= 0.6 is 0 Å². The highest BCUT2D eigenvalue weighted by Gasteiger charge is 2.23. The lowest BCUT2D eigenvalue weighted by atomic mass is 10.1. The number of ether oxygens (including phenoxy) is 1. The van der Waals surface area contributed by atoms with Crippen molar-refractivity contribution in [1.82, 2.24) is 14.9 Å². The average molecular weight is 358 g/mol. The van der Waals surface area contributed by atoms with Crippen molar-refractivity contribution < 1.29 is 18.7 Å². The fourth-order valence-corrected chi connectivity index (χ4v) is 2.66. The maximum Gasteiger partial charge on any atom is 0.310 e. The molecule has 0 N–H and O–H groups in total. The van der Waals surface area contributed by atoms with Gasteiger partial charge < -0.3 is 14.5 Å². The van der Waals surface area contributed by atoms with Crippen molar-refractivity contribution in [3.8, 4) is 0 Å². The SMILES string of the molecule is O=C(Cc1ccc(F)cc1)OCC(=O)N1CCN(c2ncccn2)CC1. The molecular weight excluding hydrogens is 339 g/mol. The Kier molecular flexibility index (Phi) is 5.73. The van der Waals surface area contributed by atoms with E-state index >= 15 is 0 Å². The number of halogens is 1. The highest BCUT2D eigenvalue weighted by molar-refractivity contribution is 5.81. The molecule has 0 unspecified atom stereocenters. The summed E-state index contributed by atoms with van der Waals surface area (Å²) in [5, 5.41) is 0. The molecule has 1 saturated heterocycles. The van der Waals surface area contributed by atoms with Crippen LogP contribution < -0.4 is 4.90 Å². The summed E-state index contributed by atoms with van der Waals surface area (Å²) >= 11 is 0. The first-order valence-electron chi connectivity index (χ1n) is 8.31. The van der Waals surface area contributed by atoms with Gasteiger partial charge in [0.1, 0.15) is 5.82 Å². The van der Waals surface area contributed by atoms with E-state index in [2.05, 4.69) is 9.97 Å². The zero-order valence-corrected chi connectivity index (χ0v) is 14.2. The van der Waals surface area contributed by atoms with Gasteiger partial charge in [-0.3, -0.25) is 9.59 Å². The fourth-order valence-electron chi connectivity index (χ4n) is 2.66. The van der Waals surface area contributed by atoms with Crippen molar-refractivity contribution in [1.29, 1.82) is 0 Å². The van der Waals surface area contributed by atoms with Gasteiger partial charge >= 0.3 is 5.97 Å². The monoisotopic (exact) mass is 358 g/mol. The predicted molar refractivity (Wildman–Crippen MR) is 91.9 cm³/mol. The summed E-state index contributed by atoms with van der Waals surface area (Å²) in [6.45, 7) is 2.00. The van der Waals surface area contributed by atoms with Gasteiger partial charge in [-0.1, -0.05) is 12.1 Å². The summed E-state index contributed by atoms with van der Waals surface area (Å²) in [5.41, 5.74) is 0.639. The van der Waals surface area contributed by atoms with E-state index in [-0.39, 0.29) is 24.8 Å². The molecule has 0 spiro atoms. The van der Waals surface area contributed by atoms with E-state index < -0.39 is 5.97 Å². The van der Waals surface area contributed by atoms with Crippen molar-refractivity contribution in [3.05, 3.63) is 54.1 Å². The molecule has 1 aliphatic heterocycles. The third-order valence-corrected chi connectivity index (χ3v) is 4.09. The Morgan fingerprint density at radius 1 is 1.04 bits per heavy atom. The Bertz CT molecular complexity index is 747. The lowest BCUT2D eigenvalue weighted by molar-refractivity contribution is -0.151. The summed E-state index contributed by atoms with van der Waals surface area (Å²) in [6.07, 6.45) is 3.37. The van der Waals surface area contributed by atoms with Gasteiger partial charge in [-0.05, 0) is 23.8 Å². The number of piperazine rings is 1. The van der Waals surface area contributed by atoms with Crippen LogP contribution in [-0.4, -0.2) is 59.5 Å². The molecule has 1 fully saturated rings. The predicted octanol–water partition coefficient (Wildman–Crippen LogP) is 1.05. The molecule has 0 atom stereocenters. The number of rotatable bonds is 5. The van der Waals surface area contributed by atoms with Gasteiger partial charge in [0.05, 0.1) is 6.42 Å². The molecule has 1 aliphatic rings. The van der Waals surface area contributed by atoms with Crippen molar-refractivity contribution in [2.45, 2.75) is 6.42 Å². The first-order valence-corrected chi connectivity index (χ1v) is 8.31. The second kappa shape index (κ2) is 8.37. The molecular formula is C18H19FN4O3. The van der Waals surface area contributed by atoms with E-state index in [1.165, 1.54) is 24.3 Å². The van der Waals surface area contributed by atoms with Crippen LogP contribution in [0.25, 0.3) is 0 Å². The highest BCUT2D eigenvalue weighted by Crippen LogP contribution is 2.10. The number of carbonyl (C=O) groups excluding carboxylic acids is 2. The first kappa shape index (κ1) is 17.8. The Hall–Kier alpha value is -3.03. The summed E-state index contributed by atoms with van der Waals surface area (Å²) in [7, 11) is 0. The number of esters is 1. The van der Waals surface area contributed by atoms with Crippen LogP contribution in [0.1, 0.15) is 5.56 Å². The molecule has 26 heavy (non-hydrogen) atoms. The van der Waals surface area contributed by atoms with Crippen LogP contribution in [0.2, 0.25) is 0 Å². The van der Waals surface area contributed by atoms with E-state index in [1.807, 2.05) is 4.90 Å². The Morgan fingerprint density at radius 2 is 1.69 bits per heavy atom. The molecule has 0 aliphatic carbocycles. The molecule has 1 amide bonds. The maximum atomic E-state index is 12.8. The normalized spacial score (nSPS) is 14.2. The number of nitrogens with zero attached hydrogens (tertiary/aromatic N) is 4. The largest absolute Gasteiger partial charge is 0.455 e. The van der Waals surface area contributed by atoms with Gasteiger partial charge in [-0.2, -0.15) is 0 Å². The average Bonchev–Trinajstić information content (AvgIpc) is 2.69. The molecule has 0 saturated carbocycles. The summed E-state index contributed by atoms with van der Waals surface area (Å²) in [5.74, 6) is -0.463. The summed E-state index contributed by atoms with van der Waals surface area (Å²) < 4.78 is 17.9. The molecule has 0 radical (unpaired) electrons. The van der Waals surface area contributed by atoms with Crippen molar-refractivity contribution in [2.24, 2.45) is 0 Å². The van der Waals surface area contributed by atoms with E-state index in [9.17, 15) is 14.0 Å². The van der Waals surface area contributed by atoms with Crippen molar-refractivity contribution in [2.75, 3.05) is 37.7 Å². The summed E-state index contributed by atoms with van der Waals surface area (Å²) in [4.78, 5) is 36.1. The smallest absolute Gasteiger partial charge is 0.310 e. The number of amides is 1. The van der Waals surface area contributed by atoms with Crippen LogP contribution in [0.4, 0.5) is 10.3 Å². The summed E-state index contributed by atoms with van der Waals surface area (Å²) in [6, 6.07) is 7.35. The quantitative estimate of drug-likeness (QED) is 0.744. The second-order valence-corrected chi connectivity index (χ2v) is 5.88. The van der Waals surface area contributed by atoms with Gasteiger partial charge in [-0.15, -0.1) is 0 Å². The number of hydrogen-bond acceptors (Lipinski definition) is 6. The Balaban J connectivity index is 1.41. The van der Waals surface area contributed by atoms with Crippen LogP contribution in [0.15, 0.2) is 42.7 Å². The highest BCUT2D eigenvalue weighted by atomic mass is 19.1. The first-order chi connectivity index (χ1) is 12.6. The minimum atomic E-state index is -0.513. The number of benzene rings is 1. The minimum Gasteiger partial charge on any atom is -0.455 e. The standard InChI is InChI=1S/C18H19FN4O3/c19-15-4-2-14(3-5-15)12-17(25)26-13-16(24)22-8-10-23(11-9-22)18-20-6-1-7-21-18/h1-7H,8-13H2. The van der Waals surface area contributed by atoms with E-state index in [4.69, 9.17) is 4.74 Å². The zero-order chi connectivity index (χ0) is 18.4. The lowest BCUT2D eigenvalue weighted by Gasteiger charge is -2.34. The van der Waals surface area contributed by atoms with Crippen molar-refractivity contribution >= 4 is 17.8 Å². The van der Waals surface area contributed by atoms with Gasteiger partial charge in [0, 0.05) is 38.6 Å². The number of hydrogen-bond donors (Lipinski definition) is 0. The third-order valence-electron chi connectivity index (χ3n) is 4.09.